The van der Waals surface area contributed by atoms with Gasteiger partial charge in [-0.15, -0.1) is 0 Å². The number of carbonyl (C=O) groups is 1. The van der Waals surface area contributed by atoms with Crippen molar-refractivity contribution in [3.8, 4) is 5.75 Å². The molecule has 43 heavy (non-hydrogen) atoms. The van der Waals surface area contributed by atoms with Crippen molar-refractivity contribution in [2.45, 2.75) is 93.7 Å². The largest absolute Gasteiger partial charge is 0.493 e. The van der Waals surface area contributed by atoms with Gasteiger partial charge in [-0.05, 0) is 86.6 Å². The fourth-order valence-electron chi connectivity index (χ4n) is 5.13. The van der Waals surface area contributed by atoms with Crippen molar-refractivity contribution in [1.82, 2.24) is 19.4 Å². The first-order valence-corrected chi connectivity index (χ1v) is 16.6. The molecule has 0 radical (unpaired) electrons. The zero-order valence-electron chi connectivity index (χ0n) is 28.2. The van der Waals surface area contributed by atoms with Crippen LogP contribution in [0.5, 0.6) is 5.75 Å². The molecule has 0 bridgehead atoms. The zero-order chi connectivity index (χ0) is 31.4. The summed E-state index contributed by atoms with van der Waals surface area (Å²) in [4.78, 5) is 23.1. The average molecular weight is 592 g/mol. The number of amides is 1. The van der Waals surface area contributed by atoms with E-state index >= 15 is 0 Å². The molecule has 1 N–H and O–H groups in total. The smallest absolute Gasteiger partial charge is 0.253 e. The number of fused-ring (bicyclic) bond motifs is 2. The number of aromatic nitrogens is 2. The van der Waals surface area contributed by atoms with E-state index in [9.17, 15) is 4.79 Å². The molecule has 0 spiro atoms. The third-order valence-corrected chi connectivity index (χ3v) is 7.90. The Morgan fingerprint density at radius 3 is 2.35 bits per heavy atom. The number of rotatable bonds is 15. The van der Waals surface area contributed by atoms with Crippen molar-refractivity contribution in [2.75, 3.05) is 45.2 Å². The van der Waals surface area contributed by atoms with Crippen molar-refractivity contribution in [1.29, 1.82) is 0 Å². The van der Waals surface area contributed by atoms with Gasteiger partial charge in [0.25, 0.3) is 5.91 Å². The number of aryl methyl sites for hydroxylation is 1. The van der Waals surface area contributed by atoms with Crippen LogP contribution in [0.1, 0.15) is 95.6 Å². The molecule has 4 rings (SSSR count). The topological polar surface area (TPSA) is 62.6 Å². The van der Waals surface area contributed by atoms with E-state index in [-0.39, 0.29) is 5.91 Å². The van der Waals surface area contributed by atoms with Crippen molar-refractivity contribution in [3.05, 3.63) is 53.1 Å². The second-order valence-electron chi connectivity index (χ2n) is 12.8. The van der Waals surface area contributed by atoms with Gasteiger partial charge in [-0.3, -0.25) is 4.79 Å². The minimum Gasteiger partial charge on any atom is -0.493 e. The van der Waals surface area contributed by atoms with Crippen LogP contribution in [0, 0.1) is 11.8 Å². The lowest BCUT2D eigenvalue weighted by molar-refractivity contribution is 0.0741. The number of hydrogen-bond donors (Lipinski definition) is 1. The van der Waals surface area contributed by atoms with Gasteiger partial charge in [0.2, 0.25) is 5.95 Å². The molecular weight excluding hydrogens is 534 g/mol. The quantitative estimate of drug-likeness (QED) is 0.195. The predicted octanol–water partition coefficient (Wildman–Crippen LogP) is 7.88. The first-order chi connectivity index (χ1) is 20.7. The van der Waals surface area contributed by atoms with Crippen LogP contribution in [0.2, 0.25) is 0 Å². The van der Waals surface area contributed by atoms with Crippen LogP contribution in [0.25, 0.3) is 11.0 Å². The summed E-state index contributed by atoms with van der Waals surface area (Å²) >= 11 is 0. The fraction of sp³-hybridized carbons (Fsp3) is 0.611. The Labute approximate surface area is 261 Å². The monoisotopic (exact) mass is 591 g/mol. The van der Waals surface area contributed by atoms with Crippen LogP contribution in [0.4, 0.5) is 5.95 Å². The number of nitrogens with one attached hydrogen (secondary N) is 1. The van der Waals surface area contributed by atoms with Crippen LogP contribution < -0.4 is 10.1 Å². The Kier molecular flexibility index (Phi) is 13.8. The first-order valence-electron chi connectivity index (χ1n) is 16.6. The van der Waals surface area contributed by atoms with Crippen LogP contribution >= 0.6 is 0 Å². The summed E-state index contributed by atoms with van der Waals surface area (Å²) in [6, 6.07) is 12.5. The summed E-state index contributed by atoms with van der Waals surface area (Å²) in [5.74, 6) is 3.10. The maximum atomic E-state index is 13.7. The molecule has 0 aliphatic carbocycles. The van der Waals surface area contributed by atoms with Crippen molar-refractivity contribution < 1.29 is 9.53 Å². The second-order valence-corrected chi connectivity index (χ2v) is 12.8. The molecule has 0 saturated carbocycles. The molecule has 238 valence electrons. The number of imidazole rings is 1. The van der Waals surface area contributed by atoms with Crippen LogP contribution in [0.15, 0.2) is 36.4 Å². The zero-order valence-corrected chi connectivity index (χ0v) is 28.2. The molecular formula is C36H57N5O2. The maximum Gasteiger partial charge on any atom is 0.253 e. The van der Waals surface area contributed by atoms with E-state index in [0.717, 1.165) is 93.3 Å². The van der Waals surface area contributed by atoms with Gasteiger partial charge in [0.05, 0.1) is 17.6 Å². The van der Waals surface area contributed by atoms with Crippen molar-refractivity contribution in [2.24, 2.45) is 11.8 Å². The molecule has 7 nitrogen and oxygen atoms in total. The number of ether oxygens (including phenoxy) is 1. The molecule has 7 heteroatoms. The molecule has 1 aliphatic heterocycles. The summed E-state index contributed by atoms with van der Waals surface area (Å²) in [6.45, 7) is 21.2. The fourth-order valence-corrected chi connectivity index (χ4v) is 5.13. The Morgan fingerprint density at radius 1 is 1.00 bits per heavy atom. The van der Waals surface area contributed by atoms with E-state index in [0.29, 0.717) is 18.4 Å². The molecule has 2 heterocycles. The standard InChI is InChI=1S/C33H49N5O2.C3H8/c1-7-36(6)16-8-17-38-30-22-28(32(39)37(18-13-24(2)3)19-14-25(4)5)10-11-29(30)35-33(38)34-23-26-9-12-31-27(21-26)15-20-40-31;1-3-2/h9-12,21-22,24-25H,7-8,13-20,23H2,1-6H3,(H,34,35);3H2,1-2H3. The van der Waals surface area contributed by atoms with Crippen LogP contribution in [0.3, 0.4) is 0 Å². The van der Waals surface area contributed by atoms with Crippen LogP contribution in [-0.2, 0) is 19.5 Å². The van der Waals surface area contributed by atoms with E-state index in [4.69, 9.17) is 9.72 Å². The van der Waals surface area contributed by atoms with E-state index in [1.165, 1.54) is 17.5 Å². The Morgan fingerprint density at radius 2 is 1.70 bits per heavy atom. The predicted molar refractivity (Wildman–Crippen MR) is 181 cm³/mol. The highest BCUT2D eigenvalue weighted by molar-refractivity contribution is 5.97. The van der Waals surface area contributed by atoms with E-state index in [1.54, 1.807) is 0 Å². The highest BCUT2D eigenvalue weighted by Crippen LogP contribution is 2.27. The van der Waals surface area contributed by atoms with Gasteiger partial charge < -0.3 is 24.4 Å². The molecule has 1 aliphatic rings. The van der Waals surface area contributed by atoms with Gasteiger partial charge in [-0.1, -0.05) is 67.0 Å². The normalized spacial score (nSPS) is 12.4. The summed E-state index contributed by atoms with van der Waals surface area (Å²) in [5.41, 5.74) is 5.18. The lowest BCUT2D eigenvalue weighted by atomic mass is 10.1. The summed E-state index contributed by atoms with van der Waals surface area (Å²) < 4.78 is 7.94. The third-order valence-electron chi connectivity index (χ3n) is 7.90. The first kappa shape index (κ1) is 34.4. The van der Waals surface area contributed by atoms with E-state index in [1.807, 2.05) is 12.1 Å². The molecule has 1 aromatic heterocycles. The Hall–Kier alpha value is -3.06. The number of anilines is 1. The van der Waals surface area contributed by atoms with Gasteiger partial charge in [0, 0.05) is 38.2 Å². The Bertz CT molecular complexity index is 1270. The molecule has 0 fully saturated rings. The van der Waals surface area contributed by atoms with Gasteiger partial charge in [0.15, 0.2) is 0 Å². The van der Waals surface area contributed by atoms with E-state index in [2.05, 4.69) is 99.5 Å². The summed E-state index contributed by atoms with van der Waals surface area (Å²) in [7, 11) is 2.16. The van der Waals surface area contributed by atoms with E-state index < -0.39 is 0 Å². The highest BCUT2D eigenvalue weighted by Gasteiger charge is 2.20. The molecule has 0 atom stereocenters. The second kappa shape index (κ2) is 17.3. The van der Waals surface area contributed by atoms with Gasteiger partial charge in [0.1, 0.15) is 5.75 Å². The molecule has 2 aromatic carbocycles. The van der Waals surface area contributed by atoms with Crippen LogP contribution in [-0.4, -0.2) is 65.1 Å². The SMILES string of the molecule is CCC.CCN(C)CCCn1c(NCc2ccc3c(c2)CCO3)nc2ccc(C(=O)N(CCC(C)C)CCC(C)C)cc21. The maximum absolute atomic E-state index is 13.7. The number of nitrogens with zero attached hydrogens (tertiary/aromatic N) is 4. The summed E-state index contributed by atoms with van der Waals surface area (Å²) in [6.07, 6.45) is 5.25. The molecule has 1 amide bonds. The van der Waals surface area contributed by atoms with Crippen molar-refractivity contribution in [3.63, 3.8) is 0 Å². The molecule has 3 aromatic rings. The molecule has 0 unspecified atom stereocenters. The lowest BCUT2D eigenvalue weighted by Crippen LogP contribution is -2.34. The average Bonchev–Trinajstić information content (AvgIpc) is 3.59. The van der Waals surface area contributed by atoms with Crippen molar-refractivity contribution >= 4 is 22.9 Å². The lowest BCUT2D eigenvalue weighted by Gasteiger charge is -2.25. The number of hydrogen-bond acceptors (Lipinski definition) is 5. The minimum atomic E-state index is 0.122. The van der Waals surface area contributed by atoms with Gasteiger partial charge in [-0.25, -0.2) is 4.98 Å². The number of benzene rings is 2. The minimum absolute atomic E-state index is 0.122. The Balaban J connectivity index is 0.00000162. The summed E-state index contributed by atoms with van der Waals surface area (Å²) in [5, 5.41) is 3.60. The van der Waals surface area contributed by atoms with Gasteiger partial charge in [-0.2, -0.15) is 0 Å². The number of carbonyl (C=O) groups excluding carboxylic acids is 1. The molecule has 0 saturated heterocycles. The van der Waals surface area contributed by atoms with Gasteiger partial charge >= 0.3 is 0 Å². The third kappa shape index (κ3) is 10.3. The highest BCUT2D eigenvalue weighted by atomic mass is 16.5.